The third kappa shape index (κ3) is 2.64. The molecule has 0 heterocycles. The zero-order valence-corrected chi connectivity index (χ0v) is 9.63. The summed E-state index contributed by atoms with van der Waals surface area (Å²) in [6.45, 7) is 0. The Hall–Kier alpha value is -0.730. The van der Waals surface area contributed by atoms with E-state index in [1.165, 1.54) is 6.42 Å². The van der Waals surface area contributed by atoms with Gasteiger partial charge in [0.1, 0.15) is 11.9 Å². The van der Waals surface area contributed by atoms with Gasteiger partial charge < -0.3 is 10.1 Å². The van der Waals surface area contributed by atoms with E-state index in [4.69, 9.17) is 16.3 Å². The van der Waals surface area contributed by atoms with Crippen LogP contribution in [0.2, 0.25) is 5.02 Å². The molecule has 2 unspecified atom stereocenters. The Labute approximate surface area is 95.6 Å². The summed E-state index contributed by atoms with van der Waals surface area (Å²) in [5.74, 6) is 0.806. The maximum absolute atomic E-state index is 6.03. The van der Waals surface area contributed by atoms with Crippen molar-refractivity contribution in [1.29, 1.82) is 0 Å². The third-order valence-corrected chi connectivity index (χ3v) is 3.24. The second kappa shape index (κ2) is 4.86. The number of ether oxygens (including phenoxy) is 1. The molecule has 1 N–H and O–H groups in total. The predicted octanol–water partition coefficient (Wildman–Crippen LogP) is 2.86. The molecular formula is C12H16ClNO. The van der Waals surface area contributed by atoms with Crippen LogP contribution in [-0.4, -0.2) is 19.2 Å². The second-order valence-corrected chi connectivity index (χ2v) is 4.38. The van der Waals surface area contributed by atoms with E-state index in [0.29, 0.717) is 17.2 Å². The summed E-state index contributed by atoms with van der Waals surface area (Å²) >= 11 is 6.03. The summed E-state index contributed by atoms with van der Waals surface area (Å²) in [5.41, 5.74) is 0. The molecule has 1 aliphatic rings. The van der Waals surface area contributed by atoms with E-state index >= 15 is 0 Å². The van der Waals surface area contributed by atoms with Gasteiger partial charge in [-0.05, 0) is 38.4 Å². The predicted molar refractivity (Wildman–Crippen MR) is 62.6 cm³/mol. The van der Waals surface area contributed by atoms with Gasteiger partial charge in [0.15, 0.2) is 0 Å². The molecule has 1 aromatic rings. The van der Waals surface area contributed by atoms with Gasteiger partial charge in [-0.15, -0.1) is 0 Å². The topological polar surface area (TPSA) is 21.3 Å². The van der Waals surface area contributed by atoms with E-state index in [1.54, 1.807) is 0 Å². The van der Waals surface area contributed by atoms with Crippen molar-refractivity contribution in [3.8, 4) is 5.75 Å². The lowest BCUT2D eigenvalue weighted by Crippen LogP contribution is -2.23. The lowest BCUT2D eigenvalue weighted by Gasteiger charge is -2.14. The molecule has 15 heavy (non-hydrogen) atoms. The first-order valence-electron chi connectivity index (χ1n) is 5.38. The third-order valence-electron chi connectivity index (χ3n) is 2.92. The number of hydrogen-bond acceptors (Lipinski definition) is 2. The van der Waals surface area contributed by atoms with Crippen molar-refractivity contribution in [2.75, 3.05) is 7.05 Å². The summed E-state index contributed by atoms with van der Waals surface area (Å²) in [5, 5.41) is 3.98. The number of hydrogen-bond donors (Lipinski definition) is 1. The monoisotopic (exact) mass is 225 g/mol. The fraction of sp³-hybridized carbons (Fsp3) is 0.500. The standard InChI is InChI=1S/C12H16ClNO/c1-14-9-6-7-10(8-9)15-12-5-3-2-4-11(12)13/h2-5,9-10,14H,6-8H2,1H3. The molecule has 1 fully saturated rings. The Morgan fingerprint density at radius 1 is 1.33 bits per heavy atom. The number of para-hydroxylation sites is 1. The highest BCUT2D eigenvalue weighted by molar-refractivity contribution is 6.32. The Kier molecular flexibility index (Phi) is 3.49. The molecule has 0 radical (unpaired) electrons. The van der Waals surface area contributed by atoms with Crippen LogP contribution in [0.15, 0.2) is 24.3 Å². The average Bonchev–Trinajstić information content (AvgIpc) is 2.69. The van der Waals surface area contributed by atoms with E-state index < -0.39 is 0 Å². The van der Waals surface area contributed by atoms with Crippen molar-refractivity contribution in [2.24, 2.45) is 0 Å². The van der Waals surface area contributed by atoms with E-state index in [-0.39, 0.29) is 0 Å². The molecule has 0 spiro atoms. The van der Waals surface area contributed by atoms with Crippen molar-refractivity contribution < 1.29 is 4.74 Å². The summed E-state index contributed by atoms with van der Waals surface area (Å²) in [6, 6.07) is 8.25. The van der Waals surface area contributed by atoms with Gasteiger partial charge in [0.2, 0.25) is 0 Å². The van der Waals surface area contributed by atoms with E-state index in [9.17, 15) is 0 Å². The number of nitrogens with one attached hydrogen (secondary N) is 1. The van der Waals surface area contributed by atoms with Crippen LogP contribution in [0.3, 0.4) is 0 Å². The van der Waals surface area contributed by atoms with Crippen LogP contribution in [0.4, 0.5) is 0 Å². The summed E-state index contributed by atoms with van der Waals surface area (Å²) < 4.78 is 5.87. The van der Waals surface area contributed by atoms with E-state index in [1.807, 2.05) is 31.3 Å². The quantitative estimate of drug-likeness (QED) is 0.854. The molecule has 2 atom stereocenters. The molecule has 3 heteroatoms. The number of rotatable bonds is 3. The fourth-order valence-corrected chi connectivity index (χ4v) is 2.21. The molecular weight excluding hydrogens is 210 g/mol. The van der Waals surface area contributed by atoms with Gasteiger partial charge in [0.05, 0.1) is 5.02 Å². The van der Waals surface area contributed by atoms with Gasteiger partial charge in [-0.2, -0.15) is 0 Å². The smallest absolute Gasteiger partial charge is 0.138 e. The summed E-state index contributed by atoms with van der Waals surface area (Å²) in [6.07, 6.45) is 3.67. The molecule has 0 aliphatic heterocycles. The Balaban J connectivity index is 1.96. The van der Waals surface area contributed by atoms with Crippen LogP contribution in [0.5, 0.6) is 5.75 Å². The molecule has 1 aromatic carbocycles. The van der Waals surface area contributed by atoms with Gasteiger partial charge in [0.25, 0.3) is 0 Å². The first-order chi connectivity index (χ1) is 7.29. The zero-order valence-electron chi connectivity index (χ0n) is 8.87. The van der Waals surface area contributed by atoms with E-state index in [0.717, 1.165) is 18.6 Å². The SMILES string of the molecule is CNC1CCC(Oc2ccccc2Cl)C1. The Morgan fingerprint density at radius 3 is 2.80 bits per heavy atom. The summed E-state index contributed by atoms with van der Waals surface area (Å²) in [7, 11) is 2.00. The minimum Gasteiger partial charge on any atom is -0.489 e. The molecule has 0 bridgehead atoms. The van der Waals surface area contributed by atoms with Crippen molar-refractivity contribution in [3.05, 3.63) is 29.3 Å². The lowest BCUT2D eigenvalue weighted by molar-refractivity contribution is 0.207. The van der Waals surface area contributed by atoms with Crippen LogP contribution in [-0.2, 0) is 0 Å². The number of benzene rings is 1. The maximum atomic E-state index is 6.03. The van der Waals surface area contributed by atoms with Crippen molar-refractivity contribution >= 4 is 11.6 Å². The Bertz CT molecular complexity index is 329. The number of halogens is 1. The molecule has 2 rings (SSSR count). The maximum Gasteiger partial charge on any atom is 0.138 e. The lowest BCUT2D eigenvalue weighted by atomic mass is 10.2. The van der Waals surface area contributed by atoms with Crippen LogP contribution >= 0.6 is 11.6 Å². The zero-order chi connectivity index (χ0) is 10.7. The summed E-state index contributed by atoms with van der Waals surface area (Å²) in [4.78, 5) is 0. The fourth-order valence-electron chi connectivity index (χ4n) is 2.03. The largest absolute Gasteiger partial charge is 0.489 e. The van der Waals surface area contributed by atoms with Crippen LogP contribution < -0.4 is 10.1 Å². The minimum atomic E-state index is 0.308. The van der Waals surface area contributed by atoms with Crippen molar-refractivity contribution in [2.45, 2.75) is 31.4 Å². The highest BCUT2D eigenvalue weighted by Crippen LogP contribution is 2.29. The van der Waals surface area contributed by atoms with Gasteiger partial charge in [-0.1, -0.05) is 23.7 Å². The highest BCUT2D eigenvalue weighted by atomic mass is 35.5. The highest BCUT2D eigenvalue weighted by Gasteiger charge is 2.25. The molecule has 0 aromatic heterocycles. The van der Waals surface area contributed by atoms with Crippen LogP contribution in [0.1, 0.15) is 19.3 Å². The van der Waals surface area contributed by atoms with Crippen LogP contribution in [0, 0.1) is 0 Å². The van der Waals surface area contributed by atoms with Crippen LogP contribution in [0.25, 0.3) is 0 Å². The van der Waals surface area contributed by atoms with Crippen molar-refractivity contribution in [3.63, 3.8) is 0 Å². The second-order valence-electron chi connectivity index (χ2n) is 3.97. The molecule has 1 aliphatic carbocycles. The molecule has 2 nitrogen and oxygen atoms in total. The van der Waals surface area contributed by atoms with Gasteiger partial charge in [-0.3, -0.25) is 0 Å². The first-order valence-corrected chi connectivity index (χ1v) is 5.76. The van der Waals surface area contributed by atoms with E-state index in [2.05, 4.69) is 5.32 Å². The molecule has 0 amide bonds. The normalized spacial score (nSPS) is 25.5. The molecule has 1 saturated carbocycles. The van der Waals surface area contributed by atoms with Crippen molar-refractivity contribution in [1.82, 2.24) is 5.32 Å². The molecule has 82 valence electrons. The average molecular weight is 226 g/mol. The first kappa shape index (κ1) is 10.8. The molecule has 0 saturated heterocycles. The Morgan fingerprint density at radius 2 is 2.13 bits per heavy atom. The van der Waals surface area contributed by atoms with Gasteiger partial charge in [0, 0.05) is 6.04 Å². The minimum absolute atomic E-state index is 0.308. The van der Waals surface area contributed by atoms with Gasteiger partial charge in [-0.25, -0.2) is 0 Å². The van der Waals surface area contributed by atoms with Gasteiger partial charge >= 0.3 is 0 Å².